The van der Waals surface area contributed by atoms with Crippen LogP contribution >= 0.6 is 0 Å². The minimum Gasteiger partial charge on any atom is -0.472 e. The number of ether oxygens (including phenoxy) is 6. The summed E-state index contributed by atoms with van der Waals surface area (Å²) in [5, 5.41) is 25.6. The van der Waals surface area contributed by atoms with Gasteiger partial charge in [-0.2, -0.15) is 0 Å². The maximum atomic E-state index is 13.7. The molecule has 1 aliphatic heterocycles. The number of methoxy groups -OCH3 is 1. The van der Waals surface area contributed by atoms with E-state index in [9.17, 15) is 39.0 Å². The van der Waals surface area contributed by atoms with E-state index in [2.05, 4.69) is 0 Å². The van der Waals surface area contributed by atoms with Crippen LogP contribution in [0.1, 0.15) is 79.4 Å². The molecular formula is C35H44O15. The zero-order valence-electron chi connectivity index (χ0n) is 29.3. The third-order valence-corrected chi connectivity index (χ3v) is 13.0. The van der Waals surface area contributed by atoms with Crippen LogP contribution in [0, 0.1) is 39.9 Å². The predicted molar refractivity (Wildman–Crippen MR) is 164 cm³/mol. The van der Waals surface area contributed by atoms with E-state index in [0.717, 1.165) is 21.0 Å². The second kappa shape index (κ2) is 11.5. The van der Waals surface area contributed by atoms with Crippen molar-refractivity contribution in [3.05, 3.63) is 24.2 Å². The largest absolute Gasteiger partial charge is 0.472 e. The van der Waals surface area contributed by atoms with E-state index in [0.29, 0.717) is 5.56 Å². The number of furan rings is 1. The van der Waals surface area contributed by atoms with E-state index in [1.54, 1.807) is 26.8 Å². The number of hydrogen-bond donors (Lipinski definition) is 2. The first-order valence-corrected chi connectivity index (χ1v) is 16.7. The third kappa shape index (κ3) is 4.47. The molecule has 6 rings (SSSR count). The van der Waals surface area contributed by atoms with Crippen LogP contribution in [0.15, 0.2) is 23.0 Å². The van der Waals surface area contributed by atoms with E-state index in [1.165, 1.54) is 26.4 Å². The average Bonchev–Trinajstić information content (AvgIpc) is 3.67. The molecule has 1 aromatic heterocycles. The van der Waals surface area contributed by atoms with Crippen LogP contribution in [-0.4, -0.2) is 88.8 Å². The number of fused-ring (bicyclic) bond motifs is 5. The standard InChI is InChI=1S/C35H44O15/c1-15(36)46-22-11-21-33(7)26(25(41)30(42)44-8)31(5)14-34(33,50-18(4)39)24(28(31)47-16(2)37)29(48-17(3)38)35(21,43)20-12-23(40)49-27(32(20,22)6)19-9-10-45-13-19/h9-10,13,20-22,24-29,41,43H,11-12,14H2,1-8H3/t20-,21?,22+,24?,25+,26+,27+,28-,29-,31-,32+,33-,34+,35+/m1/s1. The Bertz CT molecular complexity index is 1620. The predicted octanol–water partition coefficient (Wildman–Crippen LogP) is 1.95. The fourth-order valence-corrected chi connectivity index (χ4v) is 11.8. The summed E-state index contributed by atoms with van der Waals surface area (Å²) >= 11 is 0. The van der Waals surface area contributed by atoms with Crippen LogP contribution < -0.4 is 0 Å². The molecule has 2 bridgehead atoms. The zero-order valence-corrected chi connectivity index (χ0v) is 29.3. The van der Waals surface area contributed by atoms with Gasteiger partial charge in [-0.25, -0.2) is 4.79 Å². The zero-order chi connectivity index (χ0) is 36.9. The smallest absolute Gasteiger partial charge is 0.335 e. The molecule has 1 aromatic rings. The number of esters is 6. The Labute approximate surface area is 288 Å². The van der Waals surface area contributed by atoms with Crippen LogP contribution in [0.4, 0.5) is 0 Å². The fraction of sp³-hybridized carbons (Fsp3) is 0.714. The summed E-state index contributed by atoms with van der Waals surface area (Å²) in [7, 11) is 1.10. The molecule has 15 heteroatoms. The van der Waals surface area contributed by atoms with Gasteiger partial charge in [0, 0.05) is 61.8 Å². The van der Waals surface area contributed by atoms with Crippen molar-refractivity contribution in [3.8, 4) is 0 Å². The summed E-state index contributed by atoms with van der Waals surface area (Å²) in [6, 6.07) is 1.58. The van der Waals surface area contributed by atoms with Gasteiger partial charge in [0.25, 0.3) is 0 Å². The molecule has 15 nitrogen and oxygen atoms in total. The number of aliphatic hydroxyl groups is 2. The lowest BCUT2D eigenvalue weighted by atomic mass is 9.35. The SMILES string of the molecule is COC(=O)[C@@H](O)[C@H]1[C@@]2(C)C[C@]3(OC(C)=O)C([C@H]2OC(C)=O)[C@@H](OC(C)=O)[C@@]2(O)C(C[C@H](OC(C)=O)[C@@]4(C)[C@H](c5ccoc5)OC(=O)C[C@@H]24)[C@]13C. The van der Waals surface area contributed by atoms with Crippen molar-refractivity contribution < 1.29 is 71.8 Å². The van der Waals surface area contributed by atoms with Crippen molar-refractivity contribution in [3.63, 3.8) is 0 Å². The summed E-state index contributed by atoms with van der Waals surface area (Å²) in [6.45, 7) is 9.73. The number of carbonyl (C=O) groups excluding carboxylic acids is 6. The van der Waals surface area contributed by atoms with Crippen molar-refractivity contribution in [1.29, 1.82) is 0 Å². The lowest BCUT2D eigenvalue weighted by Crippen LogP contribution is -2.83. The van der Waals surface area contributed by atoms with Gasteiger partial charge in [0.2, 0.25) is 0 Å². The molecule has 0 amide bonds. The quantitative estimate of drug-likeness (QED) is 0.307. The summed E-state index contributed by atoms with van der Waals surface area (Å²) in [6.07, 6.45) is -4.92. The van der Waals surface area contributed by atoms with Crippen LogP contribution in [0.25, 0.3) is 0 Å². The van der Waals surface area contributed by atoms with E-state index < -0.39 is 124 Å². The van der Waals surface area contributed by atoms with Gasteiger partial charge in [0.1, 0.15) is 35.6 Å². The molecule has 14 atom stereocenters. The first kappa shape index (κ1) is 35.8. The number of rotatable bonds is 7. The number of aliphatic hydroxyl groups excluding tert-OH is 1. The molecule has 0 spiro atoms. The molecule has 2 heterocycles. The maximum Gasteiger partial charge on any atom is 0.335 e. The summed E-state index contributed by atoms with van der Waals surface area (Å²) in [5.41, 5.74) is -7.89. The Morgan fingerprint density at radius 2 is 1.54 bits per heavy atom. The monoisotopic (exact) mass is 704 g/mol. The topological polar surface area (TPSA) is 211 Å². The highest BCUT2D eigenvalue weighted by molar-refractivity contribution is 5.76. The van der Waals surface area contributed by atoms with E-state index >= 15 is 0 Å². The van der Waals surface area contributed by atoms with E-state index in [-0.39, 0.29) is 12.8 Å². The Morgan fingerprint density at radius 3 is 2.08 bits per heavy atom. The Hall–Kier alpha value is -3.98. The number of hydrogen-bond acceptors (Lipinski definition) is 15. The van der Waals surface area contributed by atoms with Crippen LogP contribution in [-0.2, 0) is 57.2 Å². The molecule has 0 radical (unpaired) electrons. The molecule has 50 heavy (non-hydrogen) atoms. The lowest BCUT2D eigenvalue weighted by Gasteiger charge is -2.73. The number of carbonyl (C=O) groups is 6. The highest BCUT2D eigenvalue weighted by Crippen LogP contribution is 2.82. The van der Waals surface area contributed by atoms with Gasteiger partial charge in [-0.15, -0.1) is 0 Å². The third-order valence-electron chi connectivity index (χ3n) is 13.0. The molecule has 5 aliphatic rings. The van der Waals surface area contributed by atoms with Gasteiger partial charge in [0.15, 0.2) is 6.10 Å². The fourth-order valence-electron chi connectivity index (χ4n) is 11.8. The van der Waals surface area contributed by atoms with Crippen molar-refractivity contribution in [2.45, 2.75) is 109 Å². The Morgan fingerprint density at radius 1 is 0.920 bits per heavy atom. The van der Waals surface area contributed by atoms with Crippen molar-refractivity contribution >= 4 is 35.8 Å². The van der Waals surface area contributed by atoms with Gasteiger partial charge in [0.05, 0.1) is 37.4 Å². The van der Waals surface area contributed by atoms with Gasteiger partial charge in [-0.05, 0) is 18.9 Å². The van der Waals surface area contributed by atoms with Gasteiger partial charge in [-0.1, -0.05) is 20.8 Å². The van der Waals surface area contributed by atoms with Gasteiger partial charge in [-0.3, -0.25) is 24.0 Å². The molecule has 4 saturated carbocycles. The van der Waals surface area contributed by atoms with Crippen LogP contribution in [0.5, 0.6) is 0 Å². The minimum atomic E-state index is -2.24. The molecule has 4 aliphatic carbocycles. The second-order valence-electron chi connectivity index (χ2n) is 15.3. The minimum absolute atomic E-state index is 0.0817. The molecule has 0 aromatic carbocycles. The van der Waals surface area contributed by atoms with E-state index in [4.69, 9.17) is 32.8 Å². The first-order valence-electron chi connectivity index (χ1n) is 16.7. The van der Waals surface area contributed by atoms with Crippen LogP contribution in [0.3, 0.4) is 0 Å². The summed E-state index contributed by atoms with van der Waals surface area (Å²) in [4.78, 5) is 78.7. The molecule has 5 fully saturated rings. The van der Waals surface area contributed by atoms with Crippen LogP contribution in [0.2, 0.25) is 0 Å². The van der Waals surface area contributed by atoms with Gasteiger partial charge >= 0.3 is 35.8 Å². The summed E-state index contributed by atoms with van der Waals surface area (Å²) in [5.74, 6) is -9.62. The van der Waals surface area contributed by atoms with Crippen molar-refractivity contribution in [1.82, 2.24) is 0 Å². The summed E-state index contributed by atoms with van der Waals surface area (Å²) < 4.78 is 40.7. The molecule has 1 saturated heterocycles. The first-order chi connectivity index (χ1) is 23.2. The maximum absolute atomic E-state index is 13.7. The molecule has 2 N–H and O–H groups in total. The van der Waals surface area contributed by atoms with Crippen molar-refractivity contribution in [2.75, 3.05) is 7.11 Å². The average molecular weight is 705 g/mol. The van der Waals surface area contributed by atoms with Gasteiger partial charge < -0.3 is 43.1 Å². The number of cyclic esters (lactones) is 1. The molecule has 2 unspecified atom stereocenters. The lowest BCUT2D eigenvalue weighted by molar-refractivity contribution is -0.369. The molecular weight excluding hydrogens is 660 g/mol. The second-order valence-corrected chi connectivity index (χ2v) is 15.3. The van der Waals surface area contributed by atoms with E-state index in [1.807, 2.05) is 0 Å². The Kier molecular flexibility index (Phi) is 8.26. The molecule has 274 valence electrons. The normalized spacial score (nSPS) is 44.5. The highest BCUT2D eigenvalue weighted by Gasteiger charge is 2.91. The Balaban J connectivity index is 1.71. The highest BCUT2D eigenvalue weighted by atomic mass is 16.6. The van der Waals surface area contributed by atoms with Crippen molar-refractivity contribution in [2.24, 2.45) is 39.9 Å².